The van der Waals surface area contributed by atoms with Crippen molar-refractivity contribution >= 4 is 17.5 Å². The van der Waals surface area contributed by atoms with Crippen molar-refractivity contribution in [2.45, 2.75) is 18.9 Å². The Morgan fingerprint density at radius 3 is 2.77 bits per heavy atom. The molecule has 3 heterocycles. The number of hydrogen-bond donors (Lipinski definition) is 1. The Labute approximate surface area is 184 Å². The summed E-state index contributed by atoms with van der Waals surface area (Å²) in [5, 5.41) is 7.95. The van der Waals surface area contributed by atoms with E-state index in [2.05, 4.69) is 25.4 Å². The summed E-state index contributed by atoms with van der Waals surface area (Å²) in [7, 11) is 1.83. The molecule has 31 heavy (non-hydrogen) atoms. The molecule has 1 aliphatic carbocycles. The molecule has 0 radical (unpaired) electrons. The number of nitrogens with one attached hydrogen (secondary N) is 1. The van der Waals surface area contributed by atoms with E-state index >= 15 is 0 Å². The van der Waals surface area contributed by atoms with Crippen LogP contribution in [0.3, 0.4) is 0 Å². The van der Waals surface area contributed by atoms with Gasteiger partial charge in [0.2, 0.25) is 0 Å². The van der Waals surface area contributed by atoms with Gasteiger partial charge in [0, 0.05) is 35.7 Å². The zero-order valence-corrected chi connectivity index (χ0v) is 17.5. The van der Waals surface area contributed by atoms with E-state index in [9.17, 15) is 4.79 Å². The van der Waals surface area contributed by atoms with E-state index < -0.39 is 0 Å². The standard InChI is InChI=1S/C23H19ClN6O/c1-30-13-15(12-26-30)22-27-20(14-4-6-16(24)7-5-14)11-21(28-22)23(31)29-19-9-8-18-17(19)3-2-10-25-18/h2-7,10-13,19H,8-9H2,1H3,(H,29,31)/t19-/m0/s1. The number of hydrogen-bond acceptors (Lipinski definition) is 5. The Morgan fingerprint density at radius 1 is 1.16 bits per heavy atom. The summed E-state index contributed by atoms with van der Waals surface area (Å²) >= 11 is 6.03. The highest BCUT2D eigenvalue weighted by molar-refractivity contribution is 6.30. The van der Waals surface area contributed by atoms with Gasteiger partial charge in [0.15, 0.2) is 5.82 Å². The van der Waals surface area contributed by atoms with Crippen LogP contribution in [0.1, 0.15) is 34.2 Å². The lowest BCUT2D eigenvalue weighted by Gasteiger charge is -2.14. The number of halogens is 1. The quantitative estimate of drug-likeness (QED) is 0.528. The average molecular weight is 431 g/mol. The topological polar surface area (TPSA) is 85.6 Å². The van der Waals surface area contributed by atoms with Crippen LogP contribution in [0.25, 0.3) is 22.6 Å². The maximum Gasteiger partial charge on any atom is 0.270 e. The third-order valence-electron chi connectivity index (χ3n) is 5.34. The van der Waals surface area contributed by atoms with Gasteiger partial charge in [-0.2, -0.15) is 5.10 Å². The first kappa shape index (κ1) is 19.4. The van der Waals surface area contributed by atoms with Gasteiger partial charge < -0.3 is 5.32 Å². The van der Waals surface area contributed by atoms with Gasteiger partial charge in [-0.25, -0.2) is 9.97 Å². The fraction of sp³-hybridized carbons (Fsp3) is 0.174. The second-order valence-electron chi connectivity index (χ2n) is 7.48. The molecule has 1 amide bonds. The lowest BCUT2D eigenvalue weighted by Crippen LogP contribution is -2.28. The van der Waals surface area contributed by atoms with Crippen molar-refractivity contribution in [3.63, 3.8) is 0 Å². The molecule has 0 unspecified atom stereocenters. The van der Waals surface area contributed by atoms with E-state index in [1.165, 1.54) is 0 Å². The smallest absolute Gasteiger partial charge is 0.270 e. The molecule has 0 saturated heterocycles. The van der Waals surface area contributed by atoms with Gasteiger partial charge in [-0.3, -0.25) is 14.5 Å². The molecule has 1 aromatic carbocycles. The minimum absolute atomic E-state index is 0.0769. The van der Waals surface area contributed by atoms with Crippen molar-refractivity contribution in [1.82, 2.24) is 30.0 Å². The SMILES string of the molecule is Cn1cc(-c2nc(C(=O)N[C@H]3CCc4ncccc43)cc(-c3ccc(Cl)cc3)n2)cn1. The zero-order chi connectivity index (χ0) is 21.4. The molecule has 154 valence electrons. The number of pyridine rings is 1. The predicted octanol–water partition coefficient (Wildman–Crippen LogP) is 4.01. The Morgan fingerprint density at radius 2 is 2.00 bits per heavy atom. The minimum Gasteiger partial charge on any atom is -0.344 e. The highest BCUT2D eigenvalue weighted by atomic mass is 35.5. The lowest BCUT2D eigenvalue weighted by molar-refractivity contribution is 0.0931. The first-order valence-corrected chi connectivity index (χ1v) is 10.3. The number of benzene rings is 1. The van der Waals surface area contributed by atoms with Crippen LogP contribution in [0.5, 0.6) is 0 Å². The second-order valence-corrected chi connectivity index (χ2v) is 7.91. The molecule has 0 fully saturated rings. The first-order chi connectivity index (χ1) is 15.1. The molecule has 0 aliphatic heterocycles. The van der Waals surface area contributed by atoms with Crippen LogP contribution in [0.15, 0.2) is 61.1 Å². The predicted molar refractivity (Wildman–Crippen MR) is 117 cm³/mol. The molecule has 4 aromatic rings. The fourth-order valence-corrected chi connectivity index (χ4v) is 3.92. The third-order valence-corrected chi connectivity index (χ3v) is 5.59. The molecule has 0 bridgehead atoms. The molecule has 1 N–H and O–H groups in total. The van der Waals surface area contributed by atoms with E-state index in [0.717, 1.165) is 35.2 Å². The van der Waals surface area contributed by atoms with Crippen LogP contribution in [0.4, 0.5) is 0 Å². The van der Waals surface area contributed by atoms with Crippen molar-refractivity contribution in [2.24, 2.45) is 7.05 Å². The molecule has 3 aromatic heterocycles. The van der Waals surface area contributed by atoms with Gasteiger partial charge in [0.25, 0.3) is 5.91 Å². The lowest BCUT2D eigenvalue weighted by atomic mass is 10.1. The first-order valence-electron chi connectivity index (χ1n) is 9.95. The molecule has 0 saturated carbocycles. The molecule has 1 aliphatic rings. The summed E-state index contributed by atoms with van der Waals surface area (Å²) < 4.78 is 1.68. The van der Waals surface area contributed by atoms with Crippen LogP contribution in [-0.2, 0) is 13.5 Å². The minimum atomic E-state index is -0.246. The molecule has 7 nitrogen and oxygen atoms in total. The van der Waals surface area contributed by atoms with Crippen molar-refractivity contribution in [1.29, 1.82) is 0 Å². The number of nitrogens with zero attached hydrogens (tertiary/aromatic N) is 5. The van der Waals surface area contributed by atoms with Gasteiger partial charge in [-0.05, 0) is 42.7 Å². The maximum absolute atomic E-state index is 13.2. The number of aryl methyl sites for hydroxylation is 2. The highest BCUT2D eigenvalue weighted by Crippen LogP contribution is 2.30. The summed E-state index contributed by atoms with van der Waals surface area (Å²) in [5.41, 5.74) is 4.63. The number of carbonyl (C=O) groups is 1. The fourth-order valence-electron chi connectivity index (χ4n) is 3.79. The Bertz CT molecular complexity index is 1270. The Kier molecular flexibility index (Phi) is 4.95. The van der Waals surface area contributed by atoms with Crippen LogP contribution in [-0.4, -0.2) is 30.6 Å². The monoisotopic (exact) mass is 430 g/mol. The normalized spacial score (nSPS) is 15.0. The number of carbonyl (C=O) groups excluding carboxylic acids is 1. The number of fused-ring (bicyclic) bond motifs is 1. The number of aromatic nitrogens is 5. The van der Waals surface area contributed by atoms with Gasteiger partial charge >= 0.3 is 0 Å². The molecule has 0 spiro atoms. The van der Waals surface area contributed by atoms with Crippen LogP contribution >= 0.6 is 11.6 Å². The summed E-state index contributed by atoms with van der Waals surface area (Å²) in [6, 6.07) is 12.9. The molecule has 1 atom stereocenters. The van der Waals surface area contributed by atoms with Gasteiger partial charge in [0.1, 0.15) is 5.69 Å². The summed E-state index contributed by atoms with van der Waals surface area (Å²) in [6.45, 7) is 0. The van der Waals surface area contributed by atoms with Crippen molar-refractivity contribution in [3.05, 3.63) is 83.0 Å². The van der Waals surface area contributed by atoms with E-state index in [1.807, 2.05) is 37.5 Å². The second kappa shape index (κ2) is 7.92. The molecule has 8 heteroatoms. The van der Waals surface area contributed by atoms with Crippen molar-refractivity contribution in [3.8, 4) is 22.6 Å². The third kappa shape index (κ3) is 3.92. The van der Waals surface area contributed by atoms with Crippen LogP contribution in [0, 0.1) is 0 Å². The summed E-state index contributed by atoms with van der Waals surface area (Å²) in [5.74, 6) is 0.198. The Hall–Kier alpha value is -3.58. The number of rotatable bonds is 4. The summed E-state index contributed by atoms with van der Waals surface area (Å²) in [6.07, 6.45) is 6.96. The van der Waals surface area contributed by atoms with E-state index in [0.29, 0.717) is 22.2 Å². The van der Waals surface area contributed by atoms with Crippen molar-refractivity contribution in [2.75, 3.05) is 0 Å². The molecule has 5 rings (SSSR count). The van der Waals surface area contributed by atoms with Gasteiger partial charge in [-0.15, -0.1) is 0 Å². The van der Waals surface area contributed by atoms with Crippen LogP contribution in [0.2, 0.25) is 5.02 Å². The molecular formula is C23H19ClN6O. The highest BCUT2D eigenvalue weighted by Gasteiger charge is 2.26. The average Bonchev–Trinajstić information content (AvgIpc) is 3.40. The Balaban J connectivity index is 1.52. The van der Waals surface area contributed by atoms with E-state index in [-0.39, 0.29) is 11.9 Å². The maximum atomic E-state index is 13.2. The van der Waals surface area contributed by atoms with Gasteiger partial charge in [-0.1, -0.05) is 29.8 Å². The van der Waals surface area contributed by atoms with Crippen LogP contribution < -0.4 is 5.32 Å². The largest absolute Gasteiger partial charge is 0.344 e. The zero-order valence-electron chi connectivity index (χ0n) is 16.8. The van der Waals surface area contributed by atoms with E-state index in [4.69, 9.17) is 11.6 Å². The van der Waals surface area contributed by atoms with Crippen molar-refractivity contribution < 1.29 is 4.79 Å². The van der Waals surface area contributed by atoms with E-state index in [1.54, 1.807) is 35.3 Å². The summed E-state index contributed by atoms with van der Waals surface area (Å²) in [4.78, 5) is 26.8. The number of amides is 1. The van der Waals surface area contributed by atoms with Gasteiger partial charge in [0.05, 0.1) is 23.5 Å². The molecular weight excluding hydrogens is 412 g/mol.